The zero-order valence-electron chi connectivity index (χ0n) is 14.1. The second-order valence-corrected chi connectivity index (χ2v) is 8.30. The molecule has 1 aromatic rings. The summed E-state index contributed by atoms with van der Waals surface area (Å²) in [5.74, 6) is 0.816. The van der Waals surface area contributed by atoms with Crippen LogP contribution < -0.4 is 0 Å². The van der Waals surface area contributed by atoms with E-state index in [-0.39, 0.29) is 5.54 Å². The van der Waals surface area contributed by atoms with Gasteiger partial charge in [0.05, 0.1) is 0 Å². The molecule has 2 atom stereocenters. The van der Waals surface area contributed by atoms with Gasteiger partial charge in [-0.2, -0.15) is 0 Å². The normalized spacial score (nSPS) is 33.8. The second-order valence-electron chi connectivity index (χ2n) is 8.30. The fourth-order valence-electron chi connectivity index (χ4n) is 5.24. The highest BCUT2D eigenvalue weighted by Gasteiger charge is 2.47. The van der Waals surface area contributed by atoms with Crippen LogP contribution in [0.15, 0.2) is 30.3 Å². The number of hydrogen-bond donors (Lipinski definition) is 0. The largest absolute Gasteiger partial charge is 0.294 e. The number of likely N-dealkylation sites (tertiary alicyclic amines) is 1. The average Bonchev–Trinajstić information content (AvgIpc) is 2.47. The van der Waals surface area contributed by atoms with E-state index in [1.165, 1.54) is 51.6 Å². The first kappa shape index (κ1) is 15.1. The van der Waals surface area contributed by atoms with Gasteiger partial charge in [0.25, 0.3) is 0 Å². The van der Waals surface area contributed by atoms with Crippen molar-refractivity contribution in [1.82, 2.24) is 4.90 Å². The van der Waals surface area contributed by atoms with Crippen molar-refractivity contribution in [2.45, 2.75) is 64.8 Å². The van der Waals surface area contributed by atoms with Crippen LogP contribution in [-0.4, -0.2) is 18.0 Å². The predicted molar refractivity (Wildman–Crippen MR) is 90.3 cm³/mol. The highest BCUT2D eigenvalue weighted by molar-refractivity contribution is 5.27. The Labute approximate surface area is 130 Å². The summed E-state index contributed by atoms with van der Waals surface area (Å²) in [6.45, 7) is 9.99. The summed E-state index contributed by atoms with van der Waals surface area (Å²) in [6, 6.07) is 11.4. The van der Waals surface area contributed by atoms with Crippen LogP contribution in [0.5, 0.6) is 0 Å². The molecule has 116 valence electrons. The lowest BCUT2D eigenvalue weighted by atomic mass is 9.61. The predicted octanol–water partition coefficient (Wildman–Crippen LogP) is 5.21. The molecule has 1 nitrogen and oxygen atoms in total. The Bertz CT molecular complexity index is 458. The lowest BCUT2D eigenvalue weighted by Crippen LogP contribution is -2.54. The number of piperidine rings is 1. The van der Waals surface area contributed by atoms with Gasteiger partial charge in [-0.25, -0.2) is 0 Å². The van der Waals surface area contributed by atoms with Gasteiger partial charge in [0, 0.05) is 5.54 Å². The van der Waals surface area contributed by atoms with Gasteiger partial charge in [0.2, 0.25) is 0 Å². The second kappa shape index (κ2) is 5.76. The van der Waals surface area contributed by atoms with E-state index in [2.05, 4.69) is 56.0 Å². The molecule has 0 bridgehead atoms. The van der Waals surface area contributed by atoms with Gasteiger partial charge in [-0.1, -0.05) is 57.5 Å². The van der Waals surface area contributed by atoms with Crippen molar-refractivity contribution in [3.05, 3.63) is 35.9 Å². The van der Waals surface area contributed by atoms with Crippen molar-refractivity contribution < 1.29 is 0 Å². The molecule has 0 amide bonds. The summed E-state index contributed by atoms with van der Waals surface area (Å²) in [5, 5.41) is 0. The smallest absolute Gasteiger partial charge is 0.0468 e. The number of hydrogen-bond acceptors (Lipinski definition) is 1. The van der Waals surface area contributed by atoms with Crippen LogP contribution in [0.3, 0.4) is 0 Å². The third kappa shape index (κ3) is 3.04. The van der Waals surface area contributed by atoms with Gasteiger partial charge >= 0.3 is 0 Å². The number of nitrogens with zero attached hydrogens (tertiary/aromatic N) is 1. The van der Waals surface area contributed by atoms with Gasteiger partial charge in [-0.3, -0.25) is 4.90 Å². The van der Waals surface area contributed by atoms with E-state index in [0.29, 0.717) is 5.41 Å². The fraction of sp³-hybridized carbons (Fsp3) is 0.700. The standard InChI is InChI=1S/C20H31N/c1-17-14-19(2,3)16-20(15-17,18-10-6-4-7-11-18)21-12-8-5-9-13-21/h4,6-7,10-11,17H,5,8-9,12-16H2,1-3H3/t17-,20-/m1/s1. The van der Waals surface area contributed by atoms with Crippen molar-refractivity contribution in [3.63, 3.8) is 0 Å². The Kier molecular flexibility index (Phi) is 4.14. The summed E-state index contributed by atoms with van der Waals surface area (Å²) in [7, 11) is 0. The van der Waals surface area contributed by atoms with E-state index in [1.54, 1.807) is 5.56 Å². The van der Waals surface area contributed by atoms with E-state index in [0.717, 1.165) is 5.92 Å². The van der Waals surface area contributed by atoms with E-state index in [9.17, 15) is 0 Å². The van der Waals surface area contributed by atoms with Crippen LogP contribution in [0.4, 0.5) is 0 Å². The first-order chi connectivity index (χ1) is 10.0. The quantitative estimate of drug-likeness (QED) is 0.720. The zero-order valence-corrected chi connectivity index (χ0v) is 14.1. The lowest BCUT2D eigenvalue weighted by molar-refractivity contribution is -0.0314. The minimum Gasteiger partial charge on any atom is -0.294 e. The van der Waals surface area contributed by atoms with Gasteiger partial charge in [0.1, 0.15) is 0 Å². The molecule has 0 spiro atoms. The highest BCUT2D eigenvalue weighted by atomic mass is 15.2. The fourth-order valence-corrected chi connectivity index (χ4v) is 5.24. The molecule has 1 aliphatic heterocycles. The molecule has 2 fully saturated rings. The average molecular weight is 285 g/mol. The molecule has 1 aliphatic carbocycles. The van der Waals surface area contributed by atoms with Crippen molar-refractivity contribution in [1.29, 1.82) is 0 Å². The lowest BCUT2D eigenvalue weighted by Gasteiger charge is -2.54. The third-order valence-electron chi connectivity index (χ3n) is 5.63. The van der Waals surface area contributed by atoms with Gasteiger partial charge < -0.3 is 0 Å². The van der Waals surface area contributed by atoms with Crippen molar-refractivity contribution >= 4 is 0 Å². The minimum atomic E-state index is 0.281. The molecule has 0 radical (unpaired) electrons. The Morgan fingerprint density at radius 1 is 0.952 bits per heavy atom. The van der Waals surface area contributed by atoms with Crippen molar-refractivity contribution in [3.8, 4) is 0 Å². The molecule has 1 aromatic carbocycles. The van der Waals surface area contributed by atoms with Crippen LogP contribution in [0.2, 0.25) is 0 Å². The maximum absolute atomic E-state index is 2.84. The van der Waals surface area contributed by atoms with Gasteiger partial charge in [-0.05, 0) is 62.1 Å². The molecule has 0 unspecified atom stereocenters. The molecular formula is C20H31N. The zero-order chi connectivity index (χ0) is 14.9. The summed E-state index contributed by atoms with van der Waals surface area (Å²) in [5.41, 5.74) is 2.29. The van der Waals surface area contributed by atoms with E-state index in [1.807, 2.05) is 0 Å². The maximum atomic E-state index is 2.84. The molecule has 0 aromatic heterocycles. The summed E-state index contributed by atoms with van der Waals surface area (Å²) >= 11 is 0. The highest BCUT2D eigenvalue weighted by Crippen LogP contribution is 2.52. The minimum absolute atomic E-state index is 0.281. The van der Waals surface area contributed by atoms with Crippen LogP contribution >= 0.6 is 0 Å². The molecule has 1 saturated carbocycles. The van der Waals surface area contributed by atoms with Crippen molar-refractivity contribution in [2.75, 3.05) is 13.1 Å². The van der Waals surface area contributed by atoms with Crippen LogP contribution in [-0.2, 0) is 5.54 Å². The van der Waals surface area contributed by atoms with Crippen molar-refractivity contribution in [2.24, 2.45) is 11.3 Å². The molecule has 21 heavy (non-hydrogen) atoms. The van der Waals surface area contributed by atoms with Gasteiger partial charge in [0.15, 0.2) is 0 Å². The Hall–Kier alpha value is -0.820. The monoisotopic (exact) mass is 285 g/mol. The summed E-state index contributed by atoms with van der Waals surface area (Å²) in [6.07, 6.45) is 8.19. The van der Waals surface area contributed by atoms with Crippen LogP contribution in [0.1, 0.15) is 64.9 Å². The Morgan fingerprint density at radius 3 is 2.24 bits per heavy atom. The molecule has 1 heteroatoms. The summed E-state index contributed by atoms with van der Waals surface area (Å²) in [4.78, 5) is 2.84. The van der Waals surface area contributed by atoms with E-state index >= 15 is 0 Å². The SMILES string of the molecule is C[C@@H]1CC(C)(C)C[C@](c2ccccc2)(N2CCCCC2)C1. The molecule has 1 heterocycles. The molecular weight excluding hydrogens is 254 g/mol. The summed E-state index contributed by atoms with van der Waals surface area (Å²) < 4.78 is 0. The number of rotatable bonds is 2. The van der Waals surface area contributed by atoms with Gasteiger partial charge in [-0.15, -0.1) is 0 Å². The molecule has 2 aliphatic rings. The topological polar surface area (TPSA) is 3.24 Å². The van der Waals surface area contributed by atoms with E-state index < -0.39 is 0 Å². The third-order valence-corrected chi connectivity index (χ3v) is 5.63. The Balaban J connectivity index is 2.01. The first-order valence-electron chi connectivity index (χ1n) is 8.82. The number of benzene rings is 1. The van der Waals surface area contributed by atoms with E-state index in [4.69, 9.17) is 0 Å². The molecule has 3 rings (SSSR count). The van der Waals surface area contributed by atoms with Crippen LogP contribution in [0.25, 0.3) is 0 Å². The van der Waals surface area contributed by atoms with Crippen LogP contribution in [0, 0.1) is 11.3 Å². The Morgan fingerprint density at radius 2 is 1.62 bits per heavy atom. The molecule has 1 saturated heterocycles. The first-order valence-corrected chi connectivity index (χ1v) is 8.82. The maximum Gasteiger partial charge on any atom is 0.0468 e. The molecule has 0 N–H and O–H groups in total.